The van der Waals surface area contributed by atoms with Crippen molar-refractivity contribution in [3.05, 3.63) is 29.8 Å². The third kappa shape index (κ3) is 4.71. The van der Waals surface area contributed by atoms with Gasteiger partial charge in [-0.3, -0.25) is 4.79 Å². The predicted molar refractivity (Wildman–Crippen MR) is 87.0 cm³/mol. The fraction of sp³-hybridized carbons (Fsp3) is 0.556. The van der Waals surface area contributed by atoms with Gasteiger partial charge in [0.2, 0.25) is 0 Å². The maximum absolute atomic E-state index is 12.1. The van der Waals surface area contributed by atoms with Crippen molar-refractivity contribution in [1.29, 1.82) is 0 Å². The highest BCUT2D eigenvalue weighted by atomic mass is 16.5. The van der Waals surface area contributed by atoms with Crippen molar-refractivity contribution in [3.8, 4) is 5.75 Å². The van der Waals surface area contributed by atoms with Gasteiger partial charge in [0.05, 0.1) is 11.7 Å². The summed E-state index contributed by atoms with van der Waals surface area (Å²) in [5.41, 5.74) is 0.394. The van der Waals surface area contributed by atoms with Crippen LogP contribution in [0.3, 0.4) is 0 Å². The third-order valence-corrected chi connectivity index (χ3v) is 4.13. The quantitative estimate of drug-likeness (QED) is 0.773. The van der Waals surface area contributed by atoms with Crippen molar-refractivity contribution >= 4 is 11.9 Å². The minimum Gasteiger partial charge on any atom is -0.491 e. The van der Waals surface area contributed by atoms with Crippen LogP contribution in [0.2, 0.25) is 0 Å². The average molecular weight is 333 g/mol. The highest BCUT2D eigenvalue weighted by molar-refractivity contribution is 5.92. The Bertz CT molecular complexity index is 576. The molecule has 1 N–H and O–H groups in total. The number of hydrogen-bond acceptors (Lipinski definition) is 5. The van der Waals surface area contributed by atoms with E-state index in [1.807, 2.05) is 0 Å². The fourth-order valence-corrected chi connectivity index (χ4v) is 2.48. The predicted octanol–water partition coefficient (Wildman–Crippen LogP) is 2.07. The smallest absolute Gasteiger partial charge is 0.338 e. The molecule has 1 saturated heterocycles. The van der Waals surface area contributed by atoms with Gasteiger partial charge in [0.25, 0.3) is 5.91 Å². The van der Waals surface area contributed by atoms with E-state index in [4.69, 9.17) is 14.2 Å². The first kappa shape index (κ1) is 16.8. The summed E-state index contributed by atoms with van der Waals surface area (Å²) in [6.45, 7) is 2.89. The van der Waals surface area contributed by atoms with E-state index < -0.39 is 12.1 Å². The van der Waals surface area contributed by atoms with Crippen LogP contribution in [0.25, 0.3) is 0 Å². The molecule has 0 radical (unpaired) electrons. The number of carbonyl (C=O) groups excluding carboxylic acids is 2. The molecule has 2 unspecified atom stereocenters. The molecule has 2 fully saturated rings. The van der Waals surface area contributed by atoms with Crippen molar-refractivity contribution < 1.29 is 23.8 Å². The van der Waals surface area contributed by atoms with Gasteiger partial charge in [-0.1, -0.05) is 0 Å². The van der Waals surface area contributed by atoms with Gasteiger partial charge in [-0.2, -0.15) is 0 Å². The van der Waals surface area contributed by atoms with Crippen LogP contribution < -0.4 is 10.1 Å². The molecule has 1 aromatic rings. The molecule has 6 heteroatoms. The van der Waals surface area contributed by atoms with E-state index >= 15 is 0 Å². The lowest BCUT2D eigenvalue weighted by atomic mass is 10.2. The lowest BCUT2D eigenvalue weighted by Gasteiger charge is -2.14. The van der Waals surface area contributed by atoms with Crippen molar-refractivity contribution in [2.75, 3.05) is 13.2 Å². The molecule has 1 amide bonds. The molecule has 0 aromatic heterocycles. The van der Waals surface area contributed by atoms with Gasteiger partial charge < -0.3 is 19.5 Å². The van der Waals surface area contributed by atoms with Crippen molar-refractivity contribution in [1.82, 2.24) is 5.32 Å². The van der Waals surface area contributed by atoms with Crippen LogP contribution in [0, 0.1) is 0 Å². The number of carbonyl (C=O) groups is 2. The molecule has 1 heterocycles. The first-order valence-electron chi connectivity index (χ1n) is 8.47. The topological polar surface area (TPSA) is 73.9 Å². The zero-order valence-corrected chi connectivity index (χ0v) is 13.8. The number of nitrogens with one attached hydrogen (secondary N) is 1. The van der Waals surface area contributed by atoms with E-state index in [1.54, 1.807) is 31.2 Å². The van der Waals surface area contributed by atoms with E-state index in [2.05, 4.69) is 5.32 Å². The highest BCUT2D eigenvalue weighted by Crippen LogP contribution is 2.19. The van der Waals surface area contributed by atoms with Crippen molar-refractivity contribution in [2.24, 2.45) is 0 Å². The van der Waals surface area contributed by atoms with Crippen LogP contribution in [0.4, 0.5) is 0 Å². The molecule has 1 aliphatic carbocycles. The standard InChI is InChI=1S/C18H23NO5/c1-12(17(20)19-14-6-7-14)24-18(21)13-4-8-15(9-5-13)23-11-16-3-2-10-22-16/h4-5,8-9,12,14,16H,2-3,6-7,10-11H2,1H3,(H,19,20). The number of rotatable bonds is 7. The van der Waals surface area contributed by atoms with E-state index in [-0.39, 0.29) is 18.1 Å². The fourth-order valence-electron chi connectivity index (χ4n) is 2.48. The summed E-state index contributed by atoms with van der Waals surface area (Å²) < 4.78 is 16.3. The molecule has 1 saturated carbocycles. The largest absolute Gasteiger partial charge is 0.491 e. The third-order valence-electron chi connectivity index (χ3n) is 4.13. The molecule has 0 spiro atoms. The Labute approximate surface area is 141 Å². The average Bonchev–Trinajstić information content (AvgIpc) is 3.24. The SMILES string of the molecule is CC(OC(=O)c1ccc(OCC2CCCO2)cc1)C(=O)NC1CC1. The molecule has 2 atom stereocenters. The van der Waals surface area contributed by atoms with Crippen molar-refractivity contribution in [2.45, 2.75) is 50.9 Å². The molecule has 2 aliphatic rings. The molecule has 1 aromatic carbocycles. The molecular weight excluding hydrogens is 310 g/mol. The first-order valence-corrected chi connectivity index (χ1v) is 8.47. The van der Waals surface area contributed by atoms with E-state index in [9.17, 15) is 9.59 Å². The Morgan fingerprint density at radius 3 is 2.62 bits per heavy atom. The van der Waals surface area contributed by atoms with Crippen LogP contribution in [0.5, 0.6) is 5.75 Å². The number of amides is 1. The zero-order valence-electron chi connectivity index (χ0n) is 13.8. The zero-order chi connectivity index (χ0) is 16.9. The first-order chi connectivity index (χ1) is 11.6. The summed E-state index contributed by atoms with van der Waals surface area (Å²) >= 11 is 0. The summed E-state index contributed by atoms with van der Waals surface area (Å²) in [6, 6.07) is 6.97. The molecule has 1 aliphatic heterocycles. The summed E-state index contributed by atoms with van der Waals surface area (Å²) in [5.74, 6) is -0.0805. The Hall–Kier alpha value is -2.08. The molecule has 6 nitrogen and oxygen atoms in total. The molecular formula is C18H23NO5. The highest BCUT2D eigenvalue weighted by Gasteiger charge is 2.27. The Morgan fingerprint density at radius 2 is 2.00 bits per heavy atom. The Balaban J connectivity index is 1.46. The second kappa shape index (κ2) is 7.66. The summed E-state index contributed by atoms with van der Waals surface area (Å²) in [6.07, 6.45) is 3.45. The Morgan fingerprint density at radius 1 is 1.25 bits per heavy atom. The van der Waals surface area contributed by atoms with E-state index in [0.29, 0.717) is 17.9 Å². The summed E-state index contributed by atoms with van der Waals surface area (Å²) in [7, 11) is 0. The normalized spacial score (nSPS) is 21.1. The second-order valence-corrected chi connectivity index (χ2v) is 6.30. The van der Waals surface area contributed by atoms with Gasteiger partial charge in [-0.25, -0.2) is 4.79 Å². The molecule has 3 rings (SSSR count). The Kier molecular flexibility index (Phi) is 5.35. The molecule has 130 valence electrons. The van der Waals surface area contributed by atoms with Gasteiger partial charge in [0.1, 0.15) is 12.4 Å². The number of esters is 1. The van der Waals surface area contributed by atoms with Gasteiger partial charge in [0, 0.05) is 12.6 Å². The summed E-state index contributed by atoms with van der Waals surface area (Å²) in [5, 5.41) is 2.81. The van der Waals surface area contributed by atoms with Crippen LogP contribution in [0.15, 0.2) is 24.3 Å². The van der Waals surface area contributed by atoms with Crippen LogP contribution in [-0.4, -0.2) is 43.3 Å². The monoisotopic (exact) mass is 333 g/mol. The van der Waals surface area contributed by atoms with Crippen LogP contribution >= 0.6 is 0 Å². The summed E-state index contributed by atoms with van der Waals surface area (Å²) in [4.78, 5) is 23.9. The van der Waals surface area contributed by atoms with Gasteiger partial charge >= 0.3 is 5.97 Å². The number of ether oxygens (including phenoxy) is 3. The maximum atomic E-state index is 12.1. The van der Waals surface area contributed by atoms with E-state index in [0.717, 1.165) is 32.3 Å². The van der Waals surface area contributed by atoms with E-state index in [1.165, 1.54) is 0 Å². The minimum atomic E-state index is -0.798. The second-order valence-electron chi connectivity index (χ2n) is 6.30. The van der Waals surface area contributed by atoms with Gasteiger partial charge in [-0.15, -0.1) is 0 Å². The number of hydrogen-bond donors (Lipinski definition) is 1. The maximum Gasteiger partial charge on any atom is 0.338 e. The van der Waals surface area contributed by atoms with Gasteiger partial charge in [-0.05, 0) is 56.9 Å². The number of benzene rings is 1. The minimum absolute atomic E-state index is 0.153. The van der Waals surface area contributed by atoms with Crippen LogP contribution in [0.1, 0.15) is 43.0 Å². The molecule has 24 heavy (non-hydrogen) atoms. The molecule has 0 bridgehead atoms. The lowest BCUT2D eigenvalue weighted by Crippen LogP contribution is -2.37. The van der Waals surface area contributed by atoms with Gasteiger partial charge in [0.15, 0.2) is 6.10 Å². The van der Waals surface area contributed by atoms with Crippen molar-refractivity contribution in [3.63, 3.8) is 0 Å². The lowest BCUT2D eigenvalue weighted by molar-refractivity contribution is -0.129. The van der Waals surface area contributed by atoms with Crippen LogP contribution in [-0.2, 0) is 14.3 Å².